The Kier molecular flexibility index (Phi) is 5.76. The number of ether oxygens (including phenoxy) is 1. The fraction of sp³-hybridized carbons (Fsp3) is 0.333. The summed E-state index contributed by atoms with van der Waals surface area (Å²) < 4.78 is 5.74. The maximum atomic E-state index is 11.1. The third-order valence-corrected chi connectivity index (χ3v) is 4.82. The maximum absolute atomic E-state index is 11.1. The maximum Gasteiger partial charge on any atom is 0.305 e. The molecule has 2 rings (SSSR count). The number of carbonyl (C=O) groups is 1. The molecular weight excluding hydrogens is 352 g/mol. The Hall–Kier alpha value is -1.40. The molecule has 21 heavy (non-hydrogen) atoms. The summed E-state index contributed by atoms with van der Waals surface area (Å²) in [6.45, 7) is 0.783. The summed E-state index contributed by atoms with van der Waals surface area (Å²) in [4.78, 5) is 17.8. The quantitative estimate of drug-likeness (QED) is 0.729. The van der Waals surface area contributed by atoms with Gasteiger partial charge in [-0.25, -0.2) is 4.98 Å². The van der Waals surface area contributed by atoms with E-state index in [2.05, 4.69) is 36.6 Å². The molecule has 6 heteroatoms. The Labute approximate surface area is 136 Å². The molecule has 112 valence electrons. The average molecular weight is 369 g/mol. The fourth-order valence-corrected chi connectivity index (χ4v) is 3.11. The van der Waals surface area contributed by atoms with E-state index in [0.29, 0.717) is 12.8 Å². The van der Waals surface area contributed by atoms with E-state index in [1.54, 1.807) is 11.3 Å². The van der Waals surface area contributed by atoms with Crippen LogP contribution in [0.2, 0.25) is 0 Å². The standard InChI is InChI=1S/C15H17BrN2O2S/c1-18(9-11-5-3-4-6-13(11)16)15-17-12(10-21-15)7-8-14(19)20-2/h3-6,10H,7-9H2,1-2H3. The van der Waals surface area contributed by atoms with Gasteiger partial charge in [0.15, 0.2) is 5.13 Å². The number of hydrogen-bond donors (Lipinski definition) is 0. The summed E-state index contributed by atoms with van der Waals surface area (Å²) in [5.41, 5.74) is 2.14. The molecule has 0 atom stereocenters. The number of halogens is 1. The van der Waals surface area contributed by atoms with Gasteiger partial charge in [-0.1, -0.05) is 34.1 Å². The third-order valence-electron chi connectivity index (χ3n) is 3.04. The van der Waals surface area contributed by atoms with Crippen LogP contribution < -0.4 is 4.90 Å². The lowest BCUT2D eigenvalue weighted by Gasteiger charge is -2.16. The highest BCUT2D eigenvalue weighted by Gasteiger charge is 2.10. The topological polar surface area (TPSA) is 42.4 Å². The molecule has 0 saturated carbocycles. The number of benzene rings is 1. The van der Waals surface area contributed by atoms with Gasteiger partial charge in [-0.05, 0) is 11.6 Å². The van der Waals surface area contributed by atoms with Crippen molar-refractivity contribution < 1.29 is 9.53 Å². The summed E-state index contributed by atoms with van der Waals surface area (Å²) in [6, 6.07) is 8.15. The number of methoxy groups -OCH3 is 1. The number of aromatic nitrogens is 1. The first kappa shape index (κ1) is 16.0. The van der Waals surface area contributed by atoms with Gasteiger partial charge in [0, 0.05) is 29.9 Å². The van der Waals surface area contributed by atoms with Crippen LogP contribution in [0.15, 0.2) is 34.1 Å². The lowest BCUT2D eigenvalue weighted by molar-refractivity contribution is -0.140. The summed E-state index contributed by atoms with van der Waals surface area (Å²) in [7, 11) is 3.42. The summed E-state index contributed by atoms with van der Waals surface area (Å²) in [5, 5.41) is 2.94. The highest BCUT2D eigenvalue weighted by atomic mass is 79.9. The van der Waals surface area contributed by atoms with Crippen molar-refractivity contribution >= 4 is 38.4 Å². The van der Waals surface area contributed by atoms with Crippen molar-refractivity contribution in [2.75, 3.05) is 19.1 Å². The highest BCUT2D eigenvalue weighted by Crippen LogP contribution is 2.24. The molecule has 1 aromatic heterocycles. The Balaban J connectivity index is 1.97. The zero-order chi connectivity index (χ0) is 15.2. The van der Waals surface area contributed by atoms with Gasteiger partial charge in [-0.2, -0.15) is 0 Å². The molecule has 0 aliphatic heterocycles. The summed E-state index contributed by atoms with van der Waals surface area (Å²) in [6.07, 6.45) is 0.986. The van der Waals surface area contributed by atoms with E-state index < -0.39 is 0 Å². The molecule has 0 bridgehead atoms. The summed E-state index contributed by atoms with van der Waals surface area (Å²) >= 11 is 5.15. The van der Waals surface area contributed by atoms with Crippen molar-refractivity contribution in [3.05, 3.63) is 45.4 Å². The van der Waals surface area contributed by atoms with Crippen molar-refractivity contribution in [2.24, 2.45) is 0 Å². The lowest BCUT2D eigenvalue weighted by Crippen LogP contribution is -2.16. The van der Waals surface area contributed by atoms with Crippen molar-refractivity contribution in [2.45, 2.75) is 19.4 Å². The molecule has 0 spiro atoms. The van der Waals surface area contributed by atoms with Crippen LogP contribution in [0, 0.1) is 0 Å². The van der Waals surface area contributed by atoms with E-state index in [9.17, 15) is 4.79 Å². The molecule has 0 radical (unpaired) electrons. The van der Waals surface area contributed by atoms with Crippen molar-refractivity contribution in [1.29, 1.82) is 0 Å². The van der Waals surface area contributed by atoms with Gasteiger partial charge in [0.1, 0.15) is 0 Å². The lowest BCUT2D eigenvalue weighted by atomic mass is 10.2. The zero-order valence-electron chi connectivity index (χ0n) is 12.0. The molecule has 1 heterocycles. The van der Waals surface area contributed by atoms with E-state index in [1.807, 2.05) is 30.6 Å². The predicted molar refractivity (Wildman–Crippen MR) is 88.7 cm³/mol. The molecule has 4 nitrogen and oxygen atoms in total. The second-order valence-electron chi connectivity index (χ2n) is 4.65. The monoisotopic (exact) mass is 368 g/mol. The fourth-order valence-electron chi connectivity index (χ4n) is 1.87. The average Bonchev–Trinajstić information content (AvgIpc) is 2.96. The first-order valence-electron chi connectivity index (χ1n) is 6.56. The Morgan fingerprint density at radius 3 is 2.90 bits per heavy atom. The van der Waals surface area contributed by atoms with E-state index in [4.69, 9.17) is 0 Å². The molecule has 0 aliphatic rings. The van der Waals surface area contributed by atoms with Crippen LogP contribution >= 0.6 is 27.3 Å². The minimum atomic E-state index is -0.203. The number of aryl methyl sites for hydroxylation is 1. The van der Waals surface area contributed by atoms with Crippen LogP contribution in [-0.4, -0.2) is 25.1 Å². The number of esters is 1. The number of carbonyl (C=O) groups excluding carboxylic acids is 1. The largest absolute Gasteiger partial charge is 0.469 e. The first-order chi connectivity index (χ1) is 10.1. The van der Waals surface area contributed by atoms with Crippen molar-refractivity contribution in [3.63, 3.8) is 0 Å². The molecule has 2 aromatic rings. The van der Waals surface area contributed by atoms with E-state index in [1.165, 1.54) is 12.7 Å². The number of rotatable bonds is 6. The van der Waals surface area contributed by atoms with E-state index >= 15 is 0 Å². The third kappa shape index (κ3) is 4.54. The number of thiazole rings is 1. The summed E-state index contributed by atoms with van der Waals surface area (Å²) in [5.74, 6) is -0.203. The van der Waals surface area contributed by atoms with Gasteiger partial charge in [-0.15, -0.1) is 11.3 Å². The van der Waals surface area contributed by atoms with Gasteiger partial charge >= 0.3 is 5.97 Å². The molecule has 0 N–H and O–H groups in total. The van der Waals surface area contributed by atoms with Gasteiger partial charge in [0.05, 0.1) is 19.2 Å². The molecule has 0 fully saturated rings. The molecule has 0 amide bonds. The first-order valence-corrected chi connectivity index (χ1v) is 8.23. The second kappa shape index (κ2) is 7.56. The van der Waals surface area contributed by atoms with E-state index in [-0.39, 0.29) is 5.97 Å². The Bertz CT molecular complexity index is 615. The van der Waals surface area contributed by atoms with Gasteiger partial charge in [0.25, 0.3) is 0 Å². The Morgan fingerprint density at radius 1 is 1.43 bits per heavy atom. The molecule has 0 unspecified atom stereocenters. The van der Waals surface area contributed by atoms with Crippen LogP contribution in [0.4, 0.5) is 5.13 Å². The van der Waals surface area contributed by atoms with Crippen molar-refractivity contribution in [1.82, 2.24) is 4.98 Å². The van der Waals surface area contributed by atoms with E-state index in [0.717, 1.165) is 21.8 Å². The molecular formula is C15H17BrN2O2S. The van der Waals surface area contributed by atoms with Crippen LogP contribution in [0.1, 0.15) is 17.7 Å². The molecule has 1 aromatic carbocycles. The smallest absolute Gasteiger partial charge is 0.305 e. The number of hydrogen-bond acceptors (Lipinski definition) is 5. The SMILES string of the molecule is COC(=O)CCc1csc(N(C)Cc2ccccc2Br)n1. The minimum Gasteiger partial charge on any atom is -0.469 e. The van der Waals surface area contributed by atoms with Crippen LogP contribution in [0.5, 0.6) is 0 Å². The molecule has 0 saturated heterocycles. The number of anilines is 1. The minimum absolute atomic E-state index is 0.203. The normalized spacial score (nSPS) is 10.4. The molecule has 0 aliphatic carbocycles. The van der Waals surface area contributed by atoms with Crippen LogP contribution in [0.25, 0.3) is 0 Å². The van der Waals surface area contributed by atoms with Gasteiger partial charge in [0.2, 0.25) is 0 Å². The van der Waals surface area contributed by atoms with Crippen LogP contribution in [-0.2, 0) is 22.5 Å². The number of nitrogens with zero attached hydrogens (tertiary/aromatic N) is 2. The van der Waals surface area contributed by atoms with Crippen molar-refractivity contribution in [3.8, 4) is 0 Å². The van der Waals surface area contributed by atoms with Gasteiger partial charge in [-0.3, -0.25) is 4.79 Å². The van der Waals surface area contributed by atoms with Crippen LogP contribution in [0.3, 0.4) is 0 Å². The zero-order valence-corrected chi connectivity index (χ0v) is 14.4. The van der Waals surface area contributed by atoms with Gasteiger partial charge < -0.3 is 9.64 Å². The highest BCUT2D eigenvalue weighted by molar-refractivity contribution is 9.10. The second-order valence-corrected chi connectivity index (χ2v) is 6.34. The Morgan fingerprint density at radius 2 is 2.19 bits per heavy atom. The predicted octanol–water partition coefficient (Wildman–Crippen LogP) is 3.65.